The van der Waals surface area contributed by atoms with Crippen LogP contribution in [0.3, 0.4) is 0 Å². The molecule has 0 spiro atoms. The summed E-state index contributed by atoms with van der Waals surface area (Å²) in [6.45, 7) is 3.17. The zero-order valence-corrected chi connectivity index (χ0v) is 12.5. The monoisotopic (exact) mass is 309 g/mol. The van der Waals surface area contributed by atoms with E-state index in [4.69, 9.17) is 4.74 Å². The first-order chi connectivity index (χ1) is 10.6. The second-order valence-corrected chi connectivity index (χ2v) is 5.04. The topological polar surface area (TPSA) is 70.7 Å². The fourth-order valence-corrected chi connectivity index (χ4v) is 2.33. The van der Waals surface area contributed by atoms with E-state index in [-0.39, 0.29) is 17.8 Å². The maximum absolute atomic E-state index is 13.4. The molecule has 1 heterocycles. The summed E-state index contributed by atoms with van der Waals surface area (Å²) in [4.78, 5) is 25.0. The first kappa shape index (κ1) is 16.1. The van der Waals surface area contributed by atoms with Crippen LogP contribution in [0.25, 0.3) is 0 Å². The number of likely N-dealkylation sites (tertiary alicyclic amines) is 1. The van der Waals surface area contributed by atoms with Gasteiger partial charge in [0, 0.05) is 19.1 Å². The third-order valence-corrected chi connectivity index (χ3v) is 3.48. The molecule has 1 saturated heterocycles. The Morgan fingerprint density at radius 2 is 2.00 bits per heavy atom. The van der Waals surface area contributed by atoms with E-state index in [1.165, 1.54) is 12.1 Å². The lowest BCUT2D eigenvalue weighted by Gasteiger charge is -2.31. The average Bonchev–Trinajstić information content (AvgIpc) is 2.50. The van der Waals surface area contributed by atoms with Gasteiger partial charge in [0.2, 0.25) is 0 Å². The van der Waals surface area contributed by atoms with Gasteiger partial charge >= 0.3 is 12.1 Å². The molecule has 0 aliphatic carbocycles. The predicted octanol–water partition coefficient (Wildman–Crippen LogP) is 2.57. The molecule has 2 rings (SSSR count). The van der Waals surface area contributed by atoms with Crippen LogP contribution in [0.4, 0.5) is 19.7 Å². The second-order valence-electron chi connectivity index (χ2n) is 5.04. The van der Waals surface area contributed by atoms with Gasteiger partial charge in [0.05, 0.1) is 12.3 Å². The highest BCUT2D eigenvalue weighted by molar-refractivity contribution is 5.89. The number of nitrogens with zero attached hydrogens (tertiary/aromatic N) is 1. The largest absolute Gasteiger partial charge is 0.450 e. The molecule has 1 aromatic rings. The number of carbonyl (C=O) groups is 2. The average molecular weight is 309 g/mol. The molecule has 0 aromatic heterocycles. The van der Waals surface area contributed by atoms with E-state index in [2.05, 4.69) is 10.6 Å². The summed E-state index contributed by atoms with van der Waals surface area (Å²) in [6.07, 6.45) is 0.962. The van der Waals surface area contributed by atoms with Crippen molar-refractivity contribution in [1.82, 2.24) is 10.2 Å². The summed E-state index contributed by atoms with van der Waals surface area (Å²) in [5, 5.41) is 5.27. The van der Waals surface area contributed by atoms with Crippen molar-refractivity contribution in [3.8, 4) is 0 Å². The van der Waals surface area contributed by atoms with Crippen LogP contribution in [-0.4, -0.2) is 42.8 Å². The van der Waals surface area contributed by atoms with Gasteiger partial charge < -0.3 is 20.3 Å². The zero-order chi connectivity index (χ0) is 15.9. The number of benzene rings is 1. The van der Waals surface area contributed by atoms with Crippen molar-refractivity contribution in [3.05, 3.63) is 30.1 Å². The normalized spacial score (nSPS) is 15.3. The van der Waals surface area contributed by atoms with E-state index in [9.17, 15) is 14.0 Å². The Labute approximate surface area is 128 Å². The van der Waals surface area contributed by atoms with Crippen molar-refractivity contribution in [1.29, 1.82) is 0 Å². The Balaban J connectivity index is 1.77. The van der Waals surface area contributed by atoms with Gasteiger partial charge in [0.15, 0.2) is 0 Å². The number of hydrogen-bond acceptors (Lipinski definition) is 3. The minimum Gasteiger partial charge on any atom is -0.450 e. The molecule has 0 saturated carbocycles. The van der Waals surface area contributed by atoms with Crippen LogP contribution in [-0.2, 0) is 4.74 Å². The van der Waals surface area contributed by atoms with Crippen LogP contribution in [0, 0.1) is 5.82 Å². The molecule has 0 radical (unpaired) electrons. The summed E-state index contributed by atoms with van der Waals surface area (Å²) in [5.74, 6) is -0.477. The minimum absolute atomic E-state index is 0.0440. The SMILES string of the molecule is CCOC(=O)N1CCC(NC(=O)Nc2ccccc2F)CC1. The van der Waals surface area contributed by atoms with Crippen LogP contribution in [0.15, 0.2) is 24.3 Å². The van der Waals surface area contributed by atoms with Crippen LogP contribution < -0.4 is 10.6 Å². The highest BCUT2D eigenvalue weighted by Crippen LogP contribution is 2.14. The number of piperidine rings is 1. The van der Waals surface area contributed by atoms with E-state index in [0.29, 0.717) is 32.5 Å². The van der Waals surface area contributed by atoms with Gasteiger partial charge in [-0.3, -0.25) is 0 Å². The van der Waals surface area contributed by atoms with Crippen LogP contribution in [0.1, 0.15) is 19.8 Å². The molecule has 22 heavy (non-hydrogen) atoms. The van der Waals surface area contributed by atoms with Gasteiger partial charge in [-0.1, -0.05) is 12.1 Å². The molecule has 6 nitrogen and oxygen atoms in total. The molecular weight excluding hydrogens is 289 g/mol. The van der Waals surface area contributed by atoms with Gasteiger partial charge in [0.25, 0.3) is 0 Å². The predicted molar refractivity (Wildman–Crippen MR) is 80.2 cm³/mol. The van der Waals surface area contributed by atoms with Gasteiger partial charge in [-0.2, -0.15) is 0 Å². The van der Waals surface area contributed by atoms with Crippen molar-refractivity contribution < 1.29 is 18.7 Å². The van der Waals surface area contributed by atoms with Crippen molar-refractivity contribution in [3.63, 3.8) is 0 Å². The molecule has 1 aromatic carbocycles. The quantitative estimate of drug-likeness (QED) is 0.901. The number of anilines is 1. The number of para-hydroxylation sites is 1. The van der Waals surface area contributed by atoms with Crippen LogP contribution in [0.5, 0.6) is 0 Å². The van der Waals surface area contributed by atoms with Crippen LogP contribution in [0.2, 0.25) is 0 Å². The molecule has 1 aliphatic heterocycles. The first-order valence-corrected chi connectivity index (χ1v) is 7.34. The number of halogens is 1. The smallest absolute Gasteiger partial charge is 0.409 e. The zero-order valence-electron chi connectivity index (χ0n) is 12.5. The maximum Gasteiger partial charge on any atom is 0.409 e. The van der Waals surface area contributed by atoms with E-state index >= 15 is 0 Å². The third kappa shape index (κ3) is 4.34. The number of rotatable bonds is 3. The van der Waals surface area contributed by atoms with Crippen molar-refractivity contribution >= 4 is 17.8 Å². The van der Waals surface area contributed by atoms with Gasteiger partial charge in [-0.25, -0.2) is 14.0 Å². The third-order valence-electron chi connectivity index (χ3n) is 3.48. The lowest BCUT2D eigenvalue weighted by molar-refractivity contribution is 0.0959. The molecule has 120 valence electrons. The number of hydrogen-bond donors (Lipinski definition) is 2. The van der Waals surface area contributed by atoms with Crippen molar-refractivity contribution in [2.45, 2.75) is 25.8 Å². The maximum atomic E-state index is 13.4. The van der Waals surface area contributed by atoms with Gasteiger partial charge in [-0.15, -0.1) is 0 Å². The van der Waals surface area contributed by atoms with Crippen molar-refractivity contribution in [2.24, 2.45) is 0 Å². The van der Waals surface area contributed by atoms with E-state index in [0.717, 1.165) is 0 Å². The number of carbonyl (C=O) groups excluding carboxylic acids is 2. The lowest BCUT2D eigenvalue weighted by atomic mass is 10.1. The summed E-state index contributed by atoms with van der Waals surface area (Å²) in [5.41, 5.74) is 0.143. The Hall–Kier alpha value is -2.31. The molecule has 1 fully saturated rings. The fourth-order valence-electron chi connectivity index (χ4n) is 2.33. The molecule has 0 unspecified atom stereocenters. The highest BCUT2D eigenvalue weighted by atomic mass is 19.1. The first-order valence-electron chi connectivity index (χ1n) is 7.34. The molecule has 3 amide bonds. The Kier molecular flexibility index (Phi) is 5.57. The number of ether oxygens (including phenoxy) is 1. The molecule has 1 aliphatic rings. The molecular formula is C15H20FN3O3. The summed E-state index contributed by atoms with van der Waals surface area (Å²) in [6, 6.07) is 5.50. The fraction of sp³-hybridized carbons (Fsp3) is 0.467. The Bertz CT molecular complexity index is 531. The summed E-state index contributed by atoms with van der Waals surface area (Å²) < 4.78 is 18.4. The Morgan fingerprint density at radius 1 is 1.32 bits per heavy atom. The number of amides is 3. The highest BCUT2D eigenvalue weighted by Gasteiger charge is 2.24. The molecule has 0 atom stereocenters. The van der Waals surface area contributed by atoms with Gasteiger partial charge in [-0.05, 0) is 31.9 Å². The molecule has 2 N–H and O–H groups in total. The standard InChI is InChI=1S/C15H20FN3O3/c1-2-22-15(21)19-9-7-11(8-10-19)17-14(20)18-13-6-4-3-5-12(13)16/h3-6,11H,2,7-10H2,1H3,(H2,17,18,20). The summed E-state index contributed by atoms with van der Waals surface area (Å²) >= 11 is 0. The van der Waals surface area contributed by atoms with E-state index < -0.39 is 11.8 Å². The van der Waals surface area contributed by atoms with Crippen molar-refractivity contribution in [2.75, 3.05) is 25.0 Å². The Morgan fingerprint density at radius 3 is 2.64 bits per heavy atom. The van der Waals surface area contributed by atoms with Crippen LogP contribution >= 0.6 is 0 Å². The number of urea groups is 1. The minimum atomic E-state index is -0.477. The van der Waals surface area contributed by atoms with E-state index in [1.54, 1.807) is 24.0 Å². The lowest BCUT2D eigenvalue weighted by Crippen LogP contribution is -2.47. The van der Waals surface area contributed by atoms with Gasteiger partial charge in [0.1, 0.15) is 5.82 Å². The summed E-state index contributed by atoms with van der Waals surface area (Å²) in [7, 11) is 0. The second kappa shape index (κ2) is 7.63. The van der Waals surface area contributed by atoms with E-state index in [1.807, 2.05) is 0 Å². The number of nitrogens with one attached hydrogen (secondary N) is 2. The molecule has 0 bridgehead atoms. The molecule has 7 heteroatoms.